The molecule has 4 heteroatoms. The SMILES string of the molecule is Cc1ccc2c3c(ccc2n1)C(c1ccc(N(C)C)cc1)C1=C(CCCC1=O)N3. The standard InChI is InChI=1S/C25H25N3O/c1-15-7-12-18-20(26-15)14-13-19-23(16-8-10-17(11-9-16)28(2)3)24-21(27-25(18)19)5-4-6-22(24)29/h7-14,23,27H,4-6H2,1-3H3. The lowest BCUT2D eigenvalue weighted by Crippen LogP contribution is -2.27. The van der Waals surface area contributed by atoms with Crippen molar-refractivity contribution in [1.29, 1.82) is 0 Å². The number of rotatable bonds is 2. The number of nitrogens with zero attached hydrogens (tertiary/aromatic N) is 2. The summed E-state index contributed by atoms with van der Waals surface area (Å²) in [6.07, 6.45) is 2.47. The summed E-state index contributed by atoms with van der Waals surface area (Å²) in [4.78, 5) is 19.8. The number of nitrogens with one attached hydrogen (secondary N) is 1. The fourth-order valence-electron chi connectivity index (χ4n) is 4.65. The highest BCUT2D eigenvalue weighted by Gasteiger charge is 2.35. The Morgan fingerprint density at radius 2 is 1.79 bits per heavy atom. The number of hydrogen-bond acceptors (Lipinski definition) is 4. The molecule has 1 aromatic heterocycles. The van der Waals surface area contributed by atoms with Gasteiger partial charge in [0.15, 0.2) is 5.78 Å². The van der Waals surface area contributed by atoms with Crippen molar-refractivity contribution in [2.75, 3.05) is 24.3 Å². The summed E-state index contributed by atoms with van der Waals surface area (Å²) < 4.78 is 0. The largest absolute Gasteiger partial charge is 0.378 e. The molecule has 2 aliphatic rings. The Morgan fingerprint density at radius 1 is 1.00 bits per heavy atom. The molecule has 0 fully saturated rings. The summed E-state index contributed by atoms with van der Waals surface area (Å²) in [7, 11) is 4.09. The first-order chi connectivity index (χ1) is 14.0. The van der Waals surface area contributed by atoms with Crippen LogP contribution in [0.2, 0.25) is 0 Å². The third kappa shape index (κ3) is 2.91. The van der Waals surface area contributed by atoms with Gasteiger partial charge < -0.3 is 10.2 Å². The number of aryl methyl sites for hydroxylation is 1. The summed E-state index contributed by atoms with van der Waals surface area (Å²) in [5.41, 5.74) is 8.62. The van der Waals surface area contributed by atoms with Crippen LogP contribution in [-0.4, -0.2) is 24.9 Å². The molecule has 0 radical (unpaired) electrons. The van der Waals surface area contributed by atoms with Gasteiger partial charge in [-0.25, -0.2) is 0 Å². The van der Waals surface area contributed by atoms with Gasteiger partial charge in [-0.3, -0.25) is 9.78 Å². The van der Waals surface area contributed by atoms with E-state index in [0.717, 1.165) is 57.6 Å². The number of benzene rings is 2. The first-order valence-electron chi connectivity index (χ1n) is 10.2. The Kier molecular flexibility index (Phi) is 4.16. The number of Topliss-reactive ketones (excluding diaryl/α,β-unsaturated/α-hetero) is 1. The van der Waals surface area contributed by atoms with E-state index in [2.05, 4.69) is 58.7 Å². The summed E-state index contributed by atoms with van der Waals surface area (Å²) in [5, 5.41) is 4.75. The predicted molar refractivity (Wildman–Crippen MR) is 119 cm³/mol. The van der Waals surface area contributed by atoms with Gasteiger partial charge in [-0.15, -0.1) is 0 Å². The van der Waals surface area contributed by atoms with E-state index in [1.165, 1.54) is 5.56 Å². The fraction of sp³-hybridized carbons (Fsp3) is 0.280. The van der Waals surface area contributed by atoms with E-state index in [4.69, 9.17) is 4.98 Å². The first kappa shape index (κ1) is 17.9. The predicted octanol–water partition coefficient (Wildman–Crippen LogP) is 5.17. The van der Waals surface area contributed by atoms with Crippen molar-refractivity contribution in [3.8, 4) is 0 Å². The van der Waals surface area contributed by atoms with Crippen LogP contribution in [0.25, 0.3) is 10.9 Å². The highest BCUT2D eigenvalue weighted by molar-refractivity contribution is 6.04. The molecular weight excluding hydrogens is 358 g/mol. The van der Waals surface area contributed by atoms with Crippen molar-refractivity contribution in [3.05, 3.63) is 76.6 Å². The molecule has 0 saturated heterocycles. The molecule has 1 aliphatic heterocycles. The highest BCUT2D eigenvalue weighted by Crippen LogP contribution is 2.47. The van der Waals surface area contributed by atoms with Gasteiger partial charge in [0.1, 0.15) is 0 Å². The lowest BCUT2D eigenvalue weighted by molar-refractivity contribution is -0.116. The van der Waals surface area contributed by atoms with Crippen LogP contribution in [0.1, 0.15) is 42.0 Å². The van der Waals surface area contributed by atoms with Gasteiger partial charge in [-0.2, -0.15) is 0 Å². The molecule has 2 aromatic carbocycles. The number of ketones is 1. The van der Waals surface area contributed by atoms with Gasteiger partial charge in [-0.05, 0) is 61.2 Å². The fourth-order valence-corrected chi connectivity index (χ4v) is 4.65. The summed E-state index contributed by atoms with van der Waals surface area (Å²) in [6.45, 7) is 2.02. The van der Waals surface area contributed by atoms with Crippen LogP contribution in [-0.2, 0) is 4.79 Å². The molecule has 1 aliphatic carbocycles. The minimum absolute atomic E-state index is 0.0315. The molecule has 4 nitrogen and oxygen atoms in total. The molecule has 1 atom stereocenters. The molecule has 29 heavy (non-hydrogen) atoms. The zero-order chi connectivity index (χ0) is 20.1. The lowest BCUT2D eigenvalue weighted by Gasteiger charge is -2.34. The minimum Gasteiger partial charge on any atom is -0.378 e. The molecule has 0 amide bonds. The van der Waals surface area contributed by atoms with Gasteiger partial charge in [-0.1, -0.05) is 18.2 Å². The molecule has 1 N–H and O–H groups in total. The molecule has 2 heterocycles. The number of carbonyl (C=O) groups is 1. The maximum absolute atomic E-state index is 13.0. The van der Waals surface area contributed by atoms with Crippen molar-refractivity contribution in [2.24, 2.45) is 0 Å². The van der Waals surface area contributed by atoms with Gasteiger partial charge in [0.25, 0.3) is 0 Å². The molecule has 3 aromatic rings. The number of aromatic nitrogens is 1. The second kappa shape index (κ2) is 6.73. The number of fused-ring (bicyclic) bond motifs is 3. The zero-order valence-electron chi connectivity index (χ0n) is 17.1. The molecule has 0 saturated carbocycles. The van der Waals surface area contributed by atoms with E-state index in [0.29, 0.717) is 6.42 Å². The Hall–Kier alpha value is -3.14. The molecule has 5 rings (SSSR count). The van der Waals surface area contributed by atoms with Crippen molar-refractivity contribution < 1.29 is 4.79 Å². The Labute approximate surface area is 171 Å². The van der Waals surface area contributed by atoms with Crippen LogP contribution in [0.15, 0.2) is 59.8 Å². The van der Waals surface area contributed by atoms with E-state index in [9.17, 15) is 4.79 Å². The van der Waals surface area contributed by atoms with Gasteiger partial charge in [0.05, 0.1) is 11.2 Å². The summed E-state index contributed by atoms with van der Waals surface area (Å²) >= 11 is 0. The Balaban J connectivity index is 1.74. The molecule has 0 spiro atoms. The average Bonchev–Trinajstić information content (AvgIpc) is 2.72. The van der Waals surface area contributed by atoms with Gasteiger partial charge in [0, 0.05) is 54.5 Å². The van der Waals surface area contributed by atoms with Crippen LogP contribution < -0.4 is 10.2 Å². The second-order valence-corrected chi connectivity index (χ2v) is 8.26. The van der Waals surface area contributed by atoms with E-state index in [1.807, 2.05) is 21.0 Å². The maximum Gasteiger partial charge on any atom is 0.161 e. The first-order valence-corrected chi connectivity index (χ1v) is 10.2. The third-order valence-electron chi connectivity index (χ3n) is 6.12. The van der Waals surface area contributed by atoms with E-state index < -0.39 is 0 Å². The minimum atomic E-state index is -0.0315. The average molecular weight is 383 g/mol. The van der Waals surface area contributed by atoms with Gasteiger partial charge >= 0.3 is 0 Å². The van der Waals surface area contributed by atoms with E-state index >= 15 is 0 Å². The zero-order valence-corrected chi connectivity index (χ0v) is 17.1. The van der Waals surface area contributed by atoms with Crippen molar-refractivity contribution in [2.45, 2.75) is 32.1 Å². The molecule has 0 bridgehead atoms. The van der Waals surface area contributed by atoms with Crippen LogP contribution >= 0.6 is 0 Å². The smallest absolute Gasteiger partial charge is 0.161 e. The maximum atomic E-state index is 13.0. The quantitative estimate of drug-likeness (QED) is 0.663. The topological polar surface area (TPSA) is 45.2 Å². The third-order valence-corrected chi connectivity index (χ3v) is 6.12. The van der Waals surface area contributed by atoms with Crippen molar-refractivity contribution in [1.82, 2.24) is 4.98 Å². The van der Waals surface area contributed by atoms with E-state index in [1.54, 1.807) is 0 Å². The highest BCUT2D eigenvalue weighted by atomic mass is 16.1. The number of carbonyl (C=O) groups excluding carboxylic acids is 1. The number of allylic oxidation sites excluding steroid dienone is 2. The van der Waals surface area contributed by atoms with E-state index in [-0.39, 0.29) is 11.7 Å². The number of pyridine rings is 1. The van der Waals surface area contributed by atoms with Crippen molar-refractivity contribution in [3.63, 3.8) is 0 Å². The lowest BCUT2D eigenvalue weighted by atomic mass is 9.75. The van der Waals surface area contributed by atoms with Crippen LogP contribution in [0, 0.1) is 6.92 Å². The molecule has 1 unspecified atom stereocenters. The van der Waals surface area contributed by atoms with Gasteiger partial charge in [0.2, 0.25) is 0 Å². The summed E-state index contributed by atoms with van der Waals surface area (Å²) in [5.74, 6) is 0.240. The molecule has 146 valence electrons. The van der Waals surface area contributed by atoms with Crippen LogP contribution in [0.3, 0.4) is 0 Å². The number of hydrogen-bond donors (Lipinski definition) is 1. The second-order valence-electron chi connectivity index (χ2n) is 8.26. The summed E-state index contributed by atoms with van der Waals surface area (Å²) in [6, 6.07) is 17.0. The van der Waals surface area contributed by atoms with Crippen molar-refractivity contribution >= 4 is 28.1 Å². The van der Waals surface area contributed by atoms with Crippen LogP contribution in [0.4, 0.5) is 11.4 Å². The van der Waals surface area contributed by atoms with Crippen LogP contribution in [0.5, 0.6) is 0 Å². The normalized spacial score (nSPS) is 18.3. The Morgan fingerprint density at radius 3 is 2.55 bits per heavy atom. The monoisotopic (exact) mass is 383 g/mol. The molecular formula is C25H25N3O. The Bertz CT molecular complexity index is 1160. The number of anilines is 2.